The second-order valence-corrected chi connectivity index (χ2v) is 5.85. The van der Waals surface area contributed by atoms with Gasteiger partial charge in [0.25, 0.3) is 5.91 Å². The first-order chi connectivity index (χ1) is 13.7. The minimum Gasteiger partial charge on any atom is -0.496 e. The van der Waals surface area contributed by atoms with Crippen LogP contribution in [0.5, 0.6) is 11.5 Å². The van der Waals surface area contributed by atoms with Crippen LogP contribution in [0, 0.1) is 0 Å². The summed E-state index contributed by atoms with van der Waals surface area (Å²) in [4.78, 5) is 14.8. The molecule has 0 bridgehead atoms. The molecule has 0 aliphatic carbocycles. The topological polar surface area (TPSA) is 76.6 Å². The van der Waals surface area contributed by atoms with Crippen LogP contribution in [-0.4, -0.2) is 36.9 Å². The van der Waals surface area contributed by atoms with E-state index in [1.54, 1.807) is 24.3 Å². The summed E-state index contributed by atoms with van der Waals surface area (Å²) >= 11 is 0. The highest BCUT2D eigenvalue weighted by Gasteiger charge is 2.19. The fraction of sp³-hybridized carbons (Fsp3) is 0.190. The van der Waals surface area contributed by atoms with E-state index in [1.807, 2.05) is 48.2 Å². The molecule has 0 aliphatic rings. The number of anilines is 3. The molecule has 1 aromatic heterocycles. The summed E-state index contributed by atoms with van der Waals surface area (Å²) in [6, 6.07) is 18.6. The number of nitrogens with one attached hydrogen (secondary N) is 1. The van der Waals surface area contributed by atoms with E-state index < -0.39 is 0 Å². The van der Waals surface area contributed by atoms with Crippen molar-refractivity contribution in [3.8, 4) is 11.5 Å². The van der Waals surface area contributed by atoms with Gasteiger partial charge in [0, 0.05) is 12.2 Å². The van der Waals surface area contributed by atoms with E-state index in [0.29, 0.717) is 28.7 Å². The molecule has 0 saturated heterocycles. The SMILES string of the molecule is CCN(c1ccccc1)c1ccc(NC(=O)c2c(OC)cccc2OC)nn1. The van der Waals surface area contributed by atoms with Crippen LogP contribution in [0.25, 0.3) is 0 Å². The van der Waals surface area contributed by atoms with Crippen LogP contribution >= 0.6 is 0 Å². The lowest BCUT2D eigenvalue weighted by atomic mass is 10.1. The molecular weight excluding hydrogens is 356 g/mol. The van der Waals surface area contributed by atoms with Crippen LogP contribution in [-0.2, 0) is 0 Å². The van der Waals surface area contributed by atoms with Crippen molar-refractivity contribution < 1.29 is 14.3 Å². The van der Waals surface area contributed by atoms with Gasteiger partial charge in [-0.15, -0.1) is 10.2 Å². The minimum absolute atomic E-state index is 0.304. The van der Waals surface area contributed by atoms with Crippen LogP contribution in [0.4, 0.5) is 17.3 Å². The number of benzene rings is 2. The van der Waals surface area contributed by atoms with Gasteiger partial charge < -0.3 is 19.7 Å². The maximum absolute atomic E-state index is 12.7. The molecule has 0 spiro atoms. The van der Waals surface area contributed by atoms with E-state index >= 15 is 0 Å². The average molecular weight is 378 g/mol. The fourth-order valence-electron chi connectivity index (χ4n) is 2.87. The van der Waals surface area contributed by atoms with Crippen molar-refractivity contribution in [2.24, 2.45) is 0 Å². The summed E-state index contributed by atoms with van der Waals surface area (Å²) in [5, 5.41) is 11.1. The number of nitrogens with zero attached hydrogens (tertiary/aromatic N) is 3. The number of ether oxygens (including phenoxy) is 2. The van der Waals surface area contributed by atoms with Crippen molar-refractivity contribution in [1.82, 2.24) is 10.2 Å². The van der Waals surface area contributed by atoms with Crippen molar-refractivity contribution in [2.45, 2.75) is 6.92 Å². The minimum atomic E-state index is -0.383. The molecule has 1 amide bonds. The van der Waals surface area contributed by atoms with E-state index in [0.717, 1.165) is 12.2 Å². The van der Waals surface area contributed by atoms with Gasteiger partial charge in [-0.1, -0.05) is 24.3 Å². The number of para-hydroxylation sites is 1. The molecule has 3 rings (SSSR count). The van der Waals surface area contributed by atoms with Crippen LogP contribution in [0.3, 0.4) is 0 Å². The molecular formula is C21H22N4O3. The lowest BCUT2D eigenvalue weighted by Crippen LogP contribution is -2.19. The molecule has 0 atom stereocenters. The summed E-state index contributed by atoms with van der Waals surface area (Å²) < 4.78 is 10.6. The molecule has 7 heteroatoms. The molecule has 144 valence electrons. The van der Waals surface area contributed by atoms with Gasteiger partial charge in [0.2, 0.25) is 0 Å². The Hall–Kier alpha value is -3.61. The molecule has 0 radical (unpaired) electrons. The second-order valence-electron chi connectivity index (χ2n) is 5.85. The van der Waals surface area contributed by atoms with Gasteiger partial charge >= 0.3 is 0 Å². The Bertz CT molecular complexity index is 908. The van der Waals surface area contributed by atoms with E-state index in [-0.39, 0.29) is 5.91 Å². The summed E-state index contributed by atoms with van der Waals surface area (Å²) in [5.74, 6) is 1.49. The quantitative estimate of drug-likeness (QED) is 0.672. The first-order valence-corrected chi connectivity index (χ1v) is 8.86. The zero-order valence-corrected chi connectivity index (χ0v) is 16.0. The first kappa shape index (κ1) is 19.2. The van der Waals surface area contributed by atoms with E-state index in [9.17, 15) is 4.79 Å². The first-order valence-electron chi connectivity index (χ1n) is 8.86. The fourth-order valence-corrected chi connectivity index (χ4v) is 2.87. The molecule has 28 heavy (non-hydrogen) atoms. The standard InChI is InChI=1S/C21H22N4O3/c1-4-25(15-9-6-5-7-10-15)19-14-13-18(23-24-19)22-21(26)20-16(27-2)11-8-12-17(20)28-3/h5-14H,4H2,1-3H3,(H,22,23,26). The molecule has 1 N–H and O–H groups in total. The molecule has 0 unspecified atom stereocenters. The molecule has 0 aliphatic heterocycles. The van der Waals surface area contributed by atoms with E-state index in [4.69, 9.17) is 9.47 Å². The van der Waals surface area contributed by atoms with Crippen molar-refractivity contribution >= 4 is 23.2 Å². The highest BCUT2D eigenvalue weighted by molar-refractivity contribution is 6.07. The van der Waals surface area contributed by atoms with Crippen molar-refractivity contribution in [3.05, 3.63) is 66.2 Å². The third-order valence-electron chi connectivity index (χ3n) is 4.21. The van der Waals surface area contributed by atoms with E-state index in [2.05, 4.69) is 15.5 Å². The van der Waals surface area contributed by atoms with Gasteiger partial charge in [-0.2, -0.15) is 0 Å². The van der Waals surface area contributed by atoms with Crippen molar-refractivity contribution in [2.75, 3.05) is 31.0 Å². The number of carbonyl (C=O) groups is 1. The highest BCUT2D eigenvalue weighted by atomic mass is 16.5. The lowest BCUT2D eigenvalue weighted by molar-refractivity contribution is 0.102. The van der Waals surface area contributed by atoms with Gasteiger partial charge in [-0.3, -0.25) is 4.79 Å². The summed E-state index contributed by atoms with van der Waals surface area (Å²) in [7, 11) is 3.01. The van der Waals surface area contributed by atoms with Gasteiger partial charge in [0.15, 0.2) is 11.6 Å². The summed E-state index contributed by atoms with van der Waals surface area (Å²) in [6.07, 6.45) is 0. The molecule has 3 aromatic rings. The molecule has 1 heterocycles. The second kappa shape index (κ2) is 8.85. The zero-order chi connectivity index (χ0) is 19.9. The molecule has 0 fully saturated rings. The normalized spacial score (nSPS) is 10.2. The Kier molecular flexibility index (Phi) is 6.06. The monoisotopic (exact) mass is 378 g/mol. The van der Waals surface area contributed by atoms with Gasteiger partial charge in [0.05, 0.1) is 14.2 Å². The van der Waals surface area contributed by atoms with Crippen LogP contribution in [0.1, 0.15) is 17.3 Å². The number of amides is 1. The Labute approximate surface area is 163 Å². The molecule has 0 saturated carbocycles. The third-order valence-corrected chi connectivity index (χ3v) is 4.21. The predicted molar refractivity (Wildman–Crippen MR) is 109 cm³/mol. The average Bonchev–Trinajstić information content (AvgIpc) is 2.75. The third kappa shape index (κ3) is 4.03. The lowest BCUT2D eigenvalue weighted by Gasteiger charge is -2.21. The number of rotatable bonds is 7. The van der Waals surface area contributed by atoms with Crippen molar-refractivity contribution in [1.29, 1.82) is 0 Å². The van der Waals surface area contributed by atoms with Crippen LogP contribution < -0.4 is 19.7 Å². The van der Waals surface area contributed by atoms with Gasteiger partial charge in [-0.25, -0.2) is 0 Å². The smallest absolute Gasteiger partial charge is 0.264 e. The Balaban J connectivity index is 1.81. The Morgan fingerprint density at radius 2 is 1.61 bits per heavy atom. The number of carbonyl (C=O) groups excluding carboxylic acids is 1. The van der Waals surface area contributed by atoms with E-state index in [1.165, 1.54) is 14.2 Å². The Morgan fingerprint density at radius 3 is 2.14 bits per heavy atom. The molecule has 7 nitrogen and oxygen atoms in total. The number of hydrogen-bond donors (Lipinski definition) is 1. The zero-order valence-electron chi connectivity index (χ0n) is 16.0. The summed E-state index contributed by atoms with van der Waals surface area (Å²) in [5.41, 5.74) is 1.33. The van der Waals surface area contributed by atoms with Gasteiger partial charge in [0.1, 0.15) is 17.1 Å². The number of hydrogen-bond acceptors (Lipinski definition) is 6. The number of methoxy groups -OCH3 is 2. The van der Waals surface area contributed by atoms with Gasteiger partial charge in [-0.05, 0) is 43.3 Å². The Morgan fingerprint density at radius 1 is 0.929 bits per heavy atom. The van der Waals surface area contributed by atoms with Crippen LogP contribution in [0.15, 0.2) is 60.7 Å². The maximum Gasteiger partial charge on any atom is 0.264 e. The van der Waals surface area contributed by atoms with Crippen molar-refractivity contribution in [3.63, 3.8) is 0 Å². The summed E-state index contributed by atoms with van der Waals surface area (Å²) in [6.45, 7) is 2.78. The number of aromatic nitrogens is 2. The molecule has 2 aromatic carbocycles. The predicted octanol–water partition coefficient (Wildman–Crippen LogP) is 3.90. The largest absolute Gasteiger partial charge is 0.496 e. The highest BCUT2D eigenvalue weighted by Crippen LogP contribution is 2.29. The maximum atomic E-state index is 12.7. The van der Waals surface area contributed by atoms with Crippen LogP contribution in [0.2, 0.25) is 0 Å².